The quantitative estimate of drug-likeness (QED) is 0.827. The summed E-state index contributed by atoms with van der Waals surface area (Å²) in [6.45, 7) is 5.67. The highest BCUT2D eigenvalue weighted by molar-refractivity contribution is 7.90. The fraction of sp³-hybridized carbons (Fsp3) is 0.500. The molecular weight excluding hydrogens is 236 g/mol. The summed E-state index contributed by atoms with van der Waals surface area (Å²) in [4.78, 5) is 0. The summed E-state index contributed by atoms with van der Waals surface area (Å²) in [5.41, 5.74) is 1.78. The van der Waals surface area contributed by atoms with Gasteiger partial charge in [0.2, 0.25) is 0 Å². The van der Waals surface area contributed by atoms with Gasteiger partial charge in [0.25, 0.3) is 0 Å². The Morgan fingerprint density at radius 1 is 1.06 bits per heavy atom. The minimum atomic E-state index is -3.44. The van der Waals surface area contributed by atoms with E-state index < -0.39 is 10.2 Å². The standard InChI is InChI=1S/C12H20N2O2S/c1-10(2)13(4)17(15,16)14(5)12-8-6-11(3)7-9-12/h6-10H,1-5H3. The first-order valence-electron chi connectivity index (χ1n) is 5.55. The van der Waals surface area contributed by atoms with Gasteiger partial charge in [0, 0.05) is 20.1 Å². The predicted molar refractivity (Wildman–Crippen MR) is 71.4 cm³/mol. The molecule has 0 saturated heterocycles. The molecule has 0 radical (unpaired) electrons. The zero-order valence-corrected chi connectivity index (χ0v) is 11.8. The van der Waals surface area contributed by atoms with Crippen molar-refractivity contribution in [1.82, 2.24) is 4.31 Å². The molecule has 5 heteroatoms. The monoisotopic (exact) mass is 256 g/mol. The van der Waals surface area contributed by atoms with Crippen molar-refractivity contribution >= 4 is 15.9 Å². The number of benzene rings is 1. The van der Waals surface area contributed by atoms with Gasteiger partial charge in [0.15, 0.2) is 0 Å². The SMILES string of the molecule is Cc1ccc(N(C)S(=O)(=O)N(C)C(C)C)cc1. The average molecular weight is 256 g/mol. The van der Waals surface area contributed by atoms with E-state index in [1.165, 1.54) is 8.61 Å². The number of hydrogen-bond donors (Lipinski definition) is 0. The normalized spacial score (nSPS) is 12.2. The van der Waals surface area contributed by atoms with Crippen molar-refractivity contribution in [3.63, 3.8) is 0 Å². The maximum atomic E-state index is 12.2. The van der Waals surface area contributed by atoms with Crippen LogP contribution in [0.15, 0.2) is 24.3 Å². The van der Waals surface area contributed by atoms with E-state index >= 15 is 0 Å². The van der Waals surface area contributed by atoms with E-state index in [0.717, 1.165) is 5.56 Å². The van der Waals surface area contributed by atoms with Gasteiger partial charge >= 0.3 is 10.2 Å². The van der Waals surface area contributed by atoms with E-state index in [9.17, 15) is 8.42 Å². The summed E-state index contributed by atoms with van der Waals surface area (Å²) >= 11 is 0. The Hall–Kier alpha value is -1.07. The molecule has 0 heterocycles. The van der Waals surface area contributed by atoms with Crippen molar-refractivity contribution in [2.45, 2.75) is 26.8 Å². The highest BCUT2D eigenvalue weighted by Gasteiger charge is 2.25. The lowest BCUT2D eigenvalue weighted by molar-refractivity contribution is 0.409. The summed E-state index contributed by atoms with van der Waals surface area (Å²) in [5, 5.41) is 0. The molecule has 0 atom stereocenters. The molecular formula is C12H20N2O2S. The van der Waals surface area contributed by atoms with E-state index in [-0.39, 0.29) is 6.04 Å². The molecule has 1 aromatic rings. The summed E-state index contributed by atoms with van der Waals surface area (Å²) < 4.78 is 27.1. The molecule has 0 amide bonds. The molecule has 17 heavy (non-hydrogen) atoms. The van der Waals surface area contributed by atoms with Gasteiger partial charge in [-0.15, -0.1) is 0 Å². The molecule has 0 unspecified atom stereocenters. The Kier molecular flexibility index (Phi) is 4.16. The lowest BCUT2D eigenvalue weighted by atomic mass is 10.2. The molecule has 0 aliphatic heterocycles. The summed E-state index contributed by atoms with van der Waals surface area (Å²) in [6, 6.07) is 7.35. The maximum Gasteiger partial charge on any atom is 0.303 e. The van der Waals surface area contributed by atoms with Crippen LogP contribution in [0.5, 0.6) is 0 Å². The van der Waals surface area contributed by atoms with Gasteiger partial charge in [-0.3, -0.25) is 4.31 Å². The van der Waals surface area contributed by atoms with E-state index in [1.807, 2.05) is 32.9 Å². The Balaban J connectivity index is 3.04. The number of anilines is 1. The minimum absolute atomic E-state index is 0.0621. The first-order valence-corrected chi connectivity index (χ1v) is 6.95. The van der Waals surface area contributed by atoms with E-state index in [1.54, 1.807) is 26.2 Å². The molecule has 0 spiro atoms. The third kappa shape index (κ3) is 2.98. The topological polar surface area (TPSA) is 40.6 Å². The van der Waals surface area contributed by atoms with Gasteiger partial charge < -0.3 is 0 Å². The van der Waals surface area contributed by atoms with Crippen LogP contribution in [-0.2, 0) is 10.2 Å². The van der Waals surface area contributed by atoms with Crippen LogP contribution in [0.25, 0.3) is 0 Å². The second kappa shape index (κ2) is 5.06. The maximum absolute atomic E-state index is 12.2. The fourth-order valence-corrected chi connectivity index (χ4v) is 2.65. The molecule has 0 fully saturated rings. The van der Waals surface area contributed by atoms with Crippen molar-refractivity contribution in [1.29, 1.82) is 0 Å². The van der Waals surface area contributed by atoms with Gasteiger partial charge in [-0.1, -0.05) is 17.7 Å². The molecule has 1 aromatic carbocycles. The van der Waals surface area contributed by atoms with Gasteiger partial charge in [0.1, 0.15) is 0 Å². The lowest BCUT2D eigenvalue weighted by Crippen LogP contribution is -2.43. The Labute approximate surface area is 104 Å². The van der Waals surface area contributed by atoms with Crippen LogP contribution in [0.1, 0.15) is 19.4 Å². The molecule has 0 N–H and O–H groups in total. The van der Waals surface area contributed by atoms with Crippen molar-refractivity contribution in [3.8, 4) is 0 Å². The van der Waals surface area contributed by atoms with Crippen LogP contribution in [0.3, 0.4) is 0 Å². The van der Waals surface area contributed by atoms with Crippen LogP contribution in [0.2, 0.25) is 0 Å². The number of aryl methyl sites for hydroxylation is 1. The molecule has 0 aliphatic carbocycles. The van der Waals surface area contributed by atoms with Gasteiger partial charge in [0.05, 0.1) is 5.69 Å². The third-order valence-corrected chi connectivity index (χ3v) is 4.89. The van der Waals surface area contributed by atoms with E-state index in [2.05, 4.69) is 0 Å². The summed E-state index contributed by atoms with van der Waals surface area (Å²) in [7, 11) is -0.281. The molecule has 0 bridgehead atoms. The molecule has 0 aliphatic rings. The first kappa shape index (κ1) is 14.0. The van der Waals surface area contributed by atoms with Crippen LogP contribution >= 0.6 is 0 Å². The average Bonchev–Trinajstić information content (AvgIpc) is 2.27. The predicted octanol–water partition coefficient (Wildman–Crippen LogP) is 2.02. The molecule has 1 rings (SSSR count). The van der Waals surface area contributed by atoms with Gasteiger partial charge in [-0.05, 0) is 32.9 Å². The van der Waals surface area contributed by atoms with Crippen molar-refractivity contribution in [2.75, 3.05) is 18.4 Å². The van der Waals surface area contributed by atoms with Crippen molar-refractivity contribution < 1.29 is 8.42 Å². The highest BCUT2D eigenvalue weighted by Crippen LogP contribution is 2.19. The van der Waals surface area contributed by atoms with E-state index in [0.29, 0.717) is 5.69 Å². The summed E-state index contributed by atoms with van der Waals surface area (Å²) in [5.74, 6) is 0. The largest absolute Gasteiger partial charge is 0.303 e. The second-order valence-corrected chi connectivity index (χ2v) is 6.44. The van der Waals surface area contributed by atoms with Crippen molar-refractivity contribution in [2.24, 2.45) is 0 Å². The zero-order chi connectivity index (χ0) is 13.2. The minimum Gasteiger partial charge on any atom is -0.261 e. The van der Waals surface area contributed by atoms with E-state index in [4.69, 9.17) is 0 Å². The third-order valence-electron chi connectivity index (χ3n) is 2.83. The number of nitrogens with zero attached hydrogens (tertiary/aromatic N) is 2. The van der Waals surface area contributed by atoms with Crippen molar-refractivity contribution in [3.05, 3.63) is 29.8 Å². The molecule has 4 nitrogen and oxygen atoms in total. The Bertz CT molecular complexity index is 466. The first-order chi connectivity index (χ1) is 7.76. The number of hydrogen-bond acceptors (Lipinski definition) is 2. The molecule has 0 aromatic heterocycles. The Morgan fingerprint density at radius 3 is 1.94 bits per heavy atom. The zero-order valence-electron chi connectivity index (χ0n) is 11.0. The molecule has 0 saturated carbocycles. The lowest BCUT2D eigenvalue weighted by Gasteiger charge is -2.28. The van der Waals surface area contributed by atoms with Crippen LogP contribution in [-0.4, -0.2) is 32.9 Å². The van der Waals surface area contributed by atoms with Crippen LogP contribution in [0, 0.1) is 6.92 Å². The van der Waals surface area contributed by atoms with Crippen LogP contribution < -0.4 is 4.31 Å². The molecule has 96 valence electrons. The van der Waals surface area contributed by atoms with Crippen LogP contribution in [0.4, 0.5) is 5.69 Å². The second-order valence-electron chi connectivity index (χ2n) is 4.42. The van der Waals surface area contributed by atoms with Gasteiger partial charge in [-0.25, -0.2) is 0 Å². The number of rotatable bonds is 4. The summed E-state index contributed by atoms with van der Waals surface area (Å²) in [6.07, 6.45) is 0. The fourth-order valence-electron chi connectivity index (χ4n) is 1.35. The smallest absolute Gasteiger partial charge is 0.261 e. The van der Waals surface area contributed by atoms with Gasteiger partial charge in [-0.2, -0.15) is 12.7 Å². The Morgan fingerprint density at radius 2 is 1.53 bits per heavy atom. The highest BCUT2D eigenvalue weighted by atomic mass is 32.2.